The van der Waals surface area contributed by atoms with E-state index in [1.807, 2.05) is 13.8 Å². The van der Waals surface area contributed by atoms with Crippen molar-refractivity contribution in [2.24, 2.45) is 0 Å². The van der Waals surface area contributed by atoms with Crippen LogP contribution in [0.5, 0.6) is 0 Å². The van der Waals surface area contributed by atoms with Gasteiger partial charge in [-0.2, -0.15) is 0 Å². The standard InChI is InChI=1S/C16H23N3O4/c1-11(2)18-16(22)17-9-10-19(12(3)20)14-7-5-13(6-8-14)15(21)23-4/h5-8,11H,9-10H2,1-4H3,(H2,17,18,22). The number of nitrogens with one attached hydrogen (secondary N) is 2. The fourth-order valence-electron chi connectivity index (χ4n) is 1.96. The Bertz CT molecular complexity index is 555. The summed E-state index contributed by atoms with van der Waals surface area (Å²) in [4.78, 5) is 36.2. The summed E-state index contributed by atoms with van der Waals surface area (Å²) in [5, 5.41) is 5.40. The summed E-state index contributed by atoms with van der Waals surface area (Å²) >= 11 is 0. The molecule has 0 atom stereocenters. The Morgan fingerprint density at radius 3 is 2.26 bits per heavy atom. The van der Waals surface area contributed by atoms with E-state index in [2.05, 4.69) is 15.4 Å². The number of carbonyl (C=O) groups is 3. The monoisotopic (exact) mass is 321 g/mol. The largest absolute Gasteiger partial charge is 0.465 e. The quantitative estimate of drug-likeness (QED) is 0.778. The number of urea groups is 1. The molecule has 0 aliphatic heterocycles. The van der Waals surface area contributed by atoms with Crippen LogP contribution in [0.1, 0.15) is 31.1 Å². The molecule has 23 heavy (non-hydrogen) atoms. The van der Waals surface area contributed by atoms with Crippen molar-refractivity contribution in [1.82, 2.24) is 10.6 Å². The Morgan fingerprint density at radius 1 is 1.17 bits per heavy atom. The van der Waals surface area contributed by atoms with Crippen LogP contribution >= 0.6 is 0 Å². The van der Waals surface area contributed by atoms with Gasteiger partial charge in [0.1, 0.15) is 0 Å². The third-order valence-electron chi connectivity index (χ3n) is 3.02. The molecule has 0 unspecified atom stereocenters. The van der Waals surface area contributed by atoms with Gasteiger partial charge in [-0.15, -0.1) is 0 Å². The highest BCUT2D eigenvalue weighted by Crippen LogP contribution is 2.15. The third kappa shape index (κ3) is 5.98. The van der Waals surface area contributed by atoms with Gasteiger partial charge in [0.25, 0.3) is 0 Å². The smallest absolute Gasteiger partial charge is 0.337 e. The molecule has 7 heteroatoms. The molecule has 7 nitrogen and oxygen atoms in total. The lowest BCUT2D eigenvalue weighted by molar-refractivity contribution is -0.116. The van der Waals surface area contributed by atoms with Gasteiger partial charge in [0, 0.05) is 31.7 Å². The van der Waals surface area contributed by atoms with Crippen LogP contribution in [0.2, 0.25) is 0 Å². The number of hydrogen-bond donors (Lipinski definition) is 2. The van der Waals surface area contributed by atoms with Crippen LogP contribution in [-0.2, 0) is 9.53 Å². The molecule has 0 heterocycles. The second-order valence-electron chi connectivity index (χ2n) is 5.26. The highest BCUT2D eigenvalue weighted by atomic mass is 16.5. The number of esters is 1. The van der Waals surface area contributed by atoms with Crippen molar-refractivity contribution in [3.05, 3.63) is 29.8 Å². The van der Waals surface area contributed by atoms with Gasteiger partial charge in [-0.05, 0) is 38.1 Å². The molecule has 0 saturated carbocycles. The first-order chi connectivity index (χ1) is 10.8. The minimum Gasteiger partial charge on any atom is -0.465 e. The zero-order valence-electron chi connectivity index (χ0n) is 13.9. The van der Waals surface area contributed by atoms with Gasteiger partial charge in [0.15, 0.2) is 0 Å². The van der Waals surface area contributed by atoms with Crippen LogP contribution in [-0.4, -0.2) is 44.1 Å². The van der Waals surface area contributed by atoms with Gasteiger partial charge >= 0.3 is 12.0 Å². The first kappa shape index (κ1) is 18.5. The molecule has 1 aromatic carbocycles. The first-order valence-corrected chi connectivity index (χ1v) is 7.36. The number of methoxy groups -OCH3 is 1. The molecule has 1 aromatic rings. The highest BCUT2D eigenvalue weighted by Gasteiger charge is 2.13. The summed E-state index contributed by atoms with van der Waals surface area (Å²) in [5.41, 5.74) is 1.06. The van der Waals surface area contributed by atoms with Crippen molar-refractivity contribution in [3.63, 3.8) is 0 Å². The molecule has 0 bridgehead atoms. The lowest BCUT2D eigenvalue weighted by Gasteiger charge is -2.22. The minimum absolute atomic E-state index is 0.0461. The Labute approximate surface area is 136 Å². The van der Waals surface area contributed by atoms with Gasteiger partial charge in [0.05, 0.1) is 12.7 Å². The van der Waals surface area contributed by atoms with Crippen LogP contribution < -0.4 is 15.5 Å². The average Bonchev–Trinajstić information content (AvgIpc) is 2.50. The van der Waals surface area contributed by atoms with E-state index in [0.717, 1.165) is 0 Å². The third-order valence-corrected chi connectivity index (χ3v) is 3.02. The number of benzene rings is 1. The number of nitrogens with zero attached hydrogens (tertiary/aromatic N) is 1. The summed E-state index contributed by atoms with van der Waals surface area (Å²) in [6.07, 6.45) is 0. The van der Waals surface area contributed by atoms with E-state index in [-0.39, 0.29) is 18.0 Å². The van der Waals surface area contributed by atoms with Crippen LogP contribution in [0.15, 0.2) is 24.3 Å². The van der Waals surface area contributed by atoms with Crippen molar-refractivity contribution >= 4 is 23.6 Å². The van der Waals surface area contributed by atoms with E-state index >= 15 is 0 Å². The number of carbonyl (C=O) groups excluding carboxylic acids is 3. The van der Waals surface area contributed by atoms with Crippen molar-refractivity contribution in [2.45, 2.75) is 26.8 Å². The molecule has 3 amide bonds. The Kier molecular flexibility index (Phi) is 7.05. The molecule has 0 radical (unpaired) electrons. The van der Waals surface area contributed by atoms with E-state index in [1.54, 1.807) is 24.3 Å². The van der Waals surface area contributed by atoms with Crippen LogP contribution in [0.3, 0.4) is 0 Å². The van der Waals surface area contributed by atoms with E-state index in [4.69, 9.17) is 0 Å². The molecule has 0 aliphatic carbocycles. The lowest BCUT2D eigenvalue weighted by atomic mass is 10.2. The van der Waals surface area contributed by atoms with E-state index < -0.39 is 5.97 Å². The zero-order chi connectivity index (χ0) is 17.4. The van der Waals surface area contributed by atoms with Crippen LogP contribution in [0.25, 0.3) is 0 Å². The fourth-order valence-corrected chi connectivity index (χ4v) is 1.96. The molecular weight excluding hydrogens is 298 g/mol. The lowest BCUT2D eigenvalue weighted by Crippen LogP contribution is -2.43. The second-order valence-corrected chi connectivity index (χ2v) is 5.26. The van der Waals surface area contributed by atoms with Gasteiger partial charge in [-0.1, -0.05) is 0 Å². The predicted molar refractivity (Wildman–Crippen MR) is 87.5 cm³/mol. The van der Waals surface area contributed by atoms with E-state index in [0.29, 0.717) is 24.3 Å². The molecule has 0 fully saturated rings. The van der Waals surface area contributed by atoms with Crippen molar-refractivity contribution < 1.29 is 19.1 Å². The molecule has 126 valence electrons. The summed E-state index contributed by atoms with van der Waals surface area (Å²) in [7, 11) is 1.31. The Morgan fingerprint density at radius 2 is 1.78 bits per heavy atom. The number of hydrogen-bond acceptors (Lipinski definition) is 4. The summed E-state index contributed by atoms with van der Waals surface area (Å²) in [6, 6.07) is 6.30. The van der Waals surface area contributed by atoms with E-state index in [9.17, 15) is 14.4 Å². The van der Waals surface area contributed by atoms with Gasteiger partial charge in [-0.3, -0.25) is 4.79 Å². The van der Waals surface area contributed by atoms with Gasteiger partial charge < -0.3 is 20.3 Å². The summed E-state index contributed by atoms with van der Waals surface area (Å²) in [6.45, 7) is 5.83. The number of amides is 3. The normalized spacial score (nSPS) is 10.1. The van der Waals surface area contributed by atoms with Crippen LogP contribution in [0.4, 0.5) is 10.5 Å². The number of rotatable bonds is 6. The average molecular weight is 321 g/mol. The second kappa shape index (κ2) is 8.77. The maximum atomic E-state index is 11.8. The highest BCUT2D eigenvalue weighted by molar-refractivity contribution is 5.93. The molecule has 1 rings (SSSR count). The molecule has 0 saturated heterocycles. The van der Waals surface area contributed by atoms with Gasteiger partial charge in [0.2, 0.25) is 5.91 Å². The molecule has 0 aromatic heterocycles. The van der Waals surface area contributed by atoms with Gasteiger partial charge in [-0.25, -0.2) is 9.59 Å². The molecule has 0 spiro atoms. The first-order valence-electron chi connectivity index (χ1n) is 7.36. The number of ether oxygens (including phenoxy) is 1. The molecule has 2 N–H and O–H groups in total. The van der Waals surface area contributed by atoms with Crippen molar-refractivity contribution in [3.8, 4) is 0 Å². The fraction of sp³-hybridized carbons (Fsp3) is 0.438. The maximum Gasteiger partial charge on any atom is 0.337 e. The zero-order valence-corrected chi connectivity index (χ0v) is 13.9. The Balaban J connectivity index is 2.66. The summed E-state index contributed by atoms with van der Waals surface area (Å²) < 4.78 is 4.63. The van der Waals surface area contributed by atoms with Crippen LogP contribution in [0, 0.1) is 0 Å². The molecular formula is C16H23N3O4. The predicted octanol–water partition coefficient (Wildman–Crippen LogP) is 1.53. The topological polar surface area (TPSA) is 87.7 Å². The summed E-state index contributed by atoms with van der Waals surface area (Å²) in [5.74, 6) is -0.583. The Hall–Kier alpha value is -2.57. The van der Waals surface area contributed by atoms with Crippen molar-refractivity contribution in [2.75, 3.05) is 25.1 Å². The van der Waals surface area contributed by atoms with E-state index in [1.165, 1.54) is 18.9 Å². The maximum absolute atomic E-state index is 11.8. The SMILES string of the molecule is COC(=O)c1ccc(N(CCNC(=O)NC(C)C)C(C)=O)cc1. The van der Waals surface area contributed by atoms with Crippen molar-refractivity contribution in [1.29, 1.82) is 0 Å². The molecule has 0 aliphatic rings. The minimum atomic E-state index is -0.432. The number of anilines is 1.